The Morgan fingerprint density at radius 3 is 2.47 bits per heavy atom. The van der Waals surface area contributed by atoms with Crippen LogP contribution in [-0.4, -0.2) is 54.9 Å². The van der Waals surface area contributed by atoms with Crippen molar-refractivity contribution in [1.29, 1.82) is 0 Å². The molecule has 0 aromatic heterocycles. The van der Waals surface area contributed by atoms with Gasteiger partial charge < -0.3 is 10.2 Å². The van der Waals surface area contributed by atoms with Crippen LogP contribution in [0.3, 0.4) is 0 Å². The van der Waals surface area contributed by atoms with Gasteiger partial charge in [0.05, 0.1) is 4.90 Å². The zero-order valence-electron chi connectivity index (χ0n) is 20.6. The van der Waals surface area contributed by atoms with Gasteiger partial charge in [-0.3, -0.25) is 14.5 Å². The van der Waals surface area contributed by atoms with E-state index in [4.69, 9.17) is 0 Å². The van der Waals surface area contributed by atoms with Crippen LogP contribution in [0.4, 0.5) is 4.79 Å². The van der Waals surface area contributed by atoms with Crippen LogP contribution in [-0.2, 0) is 37.9 Å². The van der Waals surface area contributed by atoms with Crippen molar-refractivity contribution in [3.8, 4) is 0 Å². The molecule has 3 aliphatic rings. The summed E-state index contributed by atoms with van der Waals surface area (Å²) in [6.45, 7) is 1.96. The Labute approximate surface area is 211 Å². The van der Waals surface area contributed by atoms with Crippen molar-refractivity contribution in [2.75, 3.05) is 12.8 Å². The zero-order chi connectivity index (χ0) is 25.7. The number of imide groups is 1. The van der Waals surface area contributed by atoms with Crippen LogP contribution < -0.4 is 5.32 Å². The van der Waals surface area contributed by atoms with Gasteiger partial charge in [-0.15, -0.1) is 0 Å². The largest absolute Gasteiger partial charge is 0.334 e. The number of benzene rings is 2. The number of carbonyl (C=O) groups is 3. The van der Waals surface area contributed by atoms with Gasteiger partial charge in [0.15, 0.2) is 9.84 Å². The standard InChI is InChI=1S/C27H31N3O5S/c1-18(20-7-5-8-20)29(16-19-10-12-22(13-11-19)36(2,34)35)24(31)17-30-25(32)27(28-26(30)33)15-14-21-6-3-4-9-23(21)27/h3-4,6,9-13,18,20H,5,7-8,14-17H2,1-2H3,(H,28,33)/t18-,27-/m0/s1. The Bertz CT molecular complexity index is 1320. The first-order chi connectivity index (χ1) is 17.1. The van der Waals surface area contributed by atoms with Gasteiger partial charge in [0.2, 0.25) is 5.91 Å². The molecule has 0 bridgehead atoms. The molecule has 8 nitrogen and oxygen atoms in total. The number of nitrogens with zero attached hydrogens (tertiary/aromatic N) is 2. The maximum absolute atomic E-state index is 13.6. The molecule has 1 saturated heterocycles. The van der Waals surface area contributed by atoms with E-state index in [0.29, 0.717) is 18.8 Å². The van der Waals surface area contributed by atoms with Crippen molar-refractivity contribution in [3.63, 3.8) is 0 Å². The lowest BCUT2D eigenvalue weighted by Gasteiger charge is -2.39. The number of aryl methyl sites for hydroxylation is 1. The third kappa shape index (κ3) is 4.19. The number of sulfone groups is 1. The van der Waals surface area contributed by atoms with E-state index in [1.165, 1.54) is 0 Å². The van der Waals surface area contributed by atoms with Gasteiger partial charge >= 0.3 is 6.03 Å². The van der Waals surface area contributed by atoms with Gasteiger partial charge in [0.1, 0.15) is 12.1 Å². The first-order valence-electron chi connectivity index (χ1n) is 12.4. The highest BCUT2D eigenvalue weighted by atomic mass is 32.2. The second-order valence-electron chi connectivity index (χ2n) is 10.3. The van der Waals surface area contributed by atoms with Crippen LogP contribution in [0.5, 0.6) is 0 Å². The summed E-state index contributed by atoms with van der Waals surface area (Å²) < 4.78 is 23.6. The van der Waals surface area contributed by atoms with E-state index in [0.717, 1.165) is 47.1 Å². The number of fused-ring (bicyclic) bond motifs is 2. The number of hydrogen-bond donors (Lipinski definition) is 1. The monoisotopic (exact) mass is 509 g/mol. The molecule has 36 heavy (non-hydrogen) atoms. The average Bonchev–Trinajstić information content (AvgIpc) is 3.29. The van der Waals surface area contributed by atoms with Gasteiger partial charge in [-0.25, -0.2) is 13.2 Å². The molecule has 2 aromatic carbocycles. The summed E-state index contributed by atoms with van der Waals surface area (Å²) in [7, 11) is -3.32. The molecule has 9 heteroatoms. The maximum Gasteiger partial charge on any atom is 0.325 e. The molecule has 2 fully saturated rings. The Kier molecular flexibility index (Phi) is 6.14. The second-order valence-corrected chi connectivity index (χ2v) is 12.3. The number of hydrogen-bond acceptors (Lipinski definition) is 5. The van der Waals surface area contributed by atoms with E-state index in [-0.39, 0.29) is 35.8 Å². The zero-order valence-corrected chi connectivity index (χ0v) is 21.4. The van der Waals surface area contributed by atoms with E-state index >= 15 is 0 Å². The molecule has 2 aliphatic carbocycles. The lowest BCUT2D eigenvalue weighted by molar-refractivity contribution is -0.142. The van der Waals surface area contributed by atoms with Crippen LogP contribution >= 0.6 is 0 Å². The molecule has 1 spiro atoms. The Morgan fingerprint density at radius 2 is 1.83 bits per heavy atom. The summed E-state index contributed by atoms with van der Waals surface area (Å²) in [6, 6.07) is 13.5. The summed E-state index contributed by atoms with van der Waals surface area (Å²) in [5, 5.41) is 2.88. The molecule has 0 radical (unpaired) electrons. The number of nitrogens with one attached hydrogen (secondary N) is 1. The maximum atomic E-state index is 13.6. The molecule has 1 N–H and O–H groups in total. The van der Waals surface area contributed by atoms with Crippen molar-refractivity contribution in [1.82, 2.24) is 15.1 Å². The number of rotatable bonds is 7. The van der Waals surface area contributed by atoms with E-state index in [1.807, 2.05) is 31.2 Å². The quantitative estimate of drug-likeness (QED) is 0.578. The lowest BCUT2D eigenvalue weighted by atomic mass is 9.79. The third-order valence-corrected chi connectivity index (χ3v) is 9.19. The molecule has 4 amide bonds. The minimum atomic E-state index is -3.32. The number of urea groups is 1. The Morgan fingerprint density at radius 1 is 1.14 bits per heavy atom. The molecule has 1 aliphatic heterocycles. The number of carbonyl (C=O) groups excluding carboxylic acids is 3. The minimum absolute atomic E-state index is 0.0669. The molecule has 1 saturated carbocycles. The number of amides is 4. The molecular weight excluding hydrogens is 478 g/mol. The van der Waals surface area contributed by atoms with E-state index in [1.54, 1.807) is 29.2 Å². The summed E-state index contributed by atoms with van der Waals surface area (Å²) in [6.07, 6.45) is 5.51. The molecule has 0 unspecified atom stereocenters. The van der Waals surface area contributed by atoms with Gasteiger partial charge in [-0.2, -0.15) is 0 Å². The molecular formula is C27H31N3O5S. The van der Waals surface area contributed by atoms with Gasteiger partial charge in [0, 0.05) is 18.8 Å². The van der Waals surface area contributed by atoms with E-state index in [2.05, 4.69) is 5.32 Å². The first kappa shape index (κ1) is 24.5. The highest BCUT2D eigenvalue weighted by molar-refractivity contribution is 7.90. The molecule has 2 aromatic rings. The lowest BCUT2D eigenvalue weighted by Crippen LogP contribution is -2.49. The minimum Gasteiger partial charge on any atom is -0.334 e. The summed E-state index contributed by atoms with van der Waals surface area (Å²) in [5.41, 5.74) is 1.54. The predicted octanol–water partition coefficient (Wildman–Crippen LogP) is 3.00. The third-order valence-electron chi connectivity index (χ3n) is 8.06. The van der Waals surface area contributed by atoms with Crippen molar-refractivity contribution >= 4 is 27.7 Å². The van der Waals surface area contributed by atoms with Gasteiger partial charge in [-0.1, -0.05) is 42.8 Å². The Hall–Kier alpha value is -3.20. The fourth-order valence-corrected chi connectivity index (χ4v) is 6.26. The van der Waals surface area contributed by atoms with Crippen molar-refractivity contribution < 1.29 is 22.8 Å². The fraction of sp³-hybridized carbons (Fsp3) is 0.444. The van der Waals surface area contributed by atoms with E-state index < -0.39 is 21.4 Å². The topological polar surface area (TPSA) is 104 Å². The van der Waals surface area contributed by atoms with Crippen LogP contribution in [0.1, 0.15) is 49.3 Å². The molecule has 1 heterocycles. The summed E-state index contributed by atoms with van der Waals surface area (Å²) in [5.74, 6) is -0.312. The molecule has 2 atom stereocenters. The van der Waals surface area contributed by atoms with Crippen molar-refractivity contribution in [2.45, 2.75) is 62.0 Å². The van der Waals surface area contributed by atoms with Crippen LogP contribution in [0, 0.1) is 5.92 Å². The molecule has 190 valence electrons. The van der Waals surface area contributed by atoms with Crippen LogP contribution in [0.25, 0.3) is 0 Å². The molecule has 5 rings (SSSR count). The SMILES string of the molecule is C[C@@H](C1CCC1)N(Cc1ccc(S(C)(=O)=O)cc1)C(=O)CN1C(=O)N[C@]2(CCc3ccccc32)C1=O. The second kappa shape index (κ2) is 9.03. The first-order valence-corrected chi connectivity index (χ1v) is 14.3. The van der Waals surface area contributed by atoms with Crippen molar-refractivity contribution in [3.05, 3.63) is 65.2 Å². The van der Waals surface area contributed by atoms with Crippen molar-refractivity contribution in [2.24, 2.45) is 5.92 Å². The predicted molar refractivity (Wildman–Crippen MR) is 134 cm³/mol. The van der Waals surface area contributed by atoms with Gasteiger partial charge in [0.25, 0.3) is 5.91 Å². The normalized spacial score (nSPS) is 22.3. The summed E-state index contributed by atoms with van der Waals surface area (Å²) >= 11 is 0. The van der Waals surface area contributed by atoms with E-state index in [9.17, 15) is 22.8 Å². The van der Waals surface area contributed by atoms with Crippen LogP contribution in [0.15, 0.2) is 53.4 Å². The fourth-order valence-electron chi connectivity index (χ4n) is 5.63. The van der Waals surface area contributed by atoms with Crippen LogP contribution in [0.2, 0.25) is 0 Å². The van der Waals surface area contributed by atoms with Gasteiger partial charge in [-0.05, 0) is 67.3 Å². The smallest absolute Gasteiger partial charge is 0.325 e. The highest BCUT2D eigenvalue weighted by Crippen LogP contribution is 2.41. The summed E-state index contributed by atoms with van der Waals surface area (Å²) in [4.78, 5) is 43.1. The Balaban J connectivity index is 1.37. The average molecular weight is 510 g/mol. The highest BCUT2D eigenvalue weighted by Gasteiger charge is 2.55.